The van der Waals surface area contributed by atoms with Gasteiger partial charge >= 0.3 is 0 Å². The van der Waals surface area contributed by atoms with Crippen LogP contribution in [0.2, 0.25) is 0 Å². The lowest BCUT2D eigenvalue weighted by molar-refractivity contribution is -0.132. The van der Waals surface area contributed by atoms with Crippen molar-refractivity contribution in [1.82, 2.24) is 9.80 Å². The summed E-state index contributed by atoms with van der Waals surface area (Å²) < 4.78 is 16.2. The van der Waals surface area contributed by atoms with Crippen molar-refractivity contribution in [3.8, 4) is 11.5 Å². The maximum Gasteiger partial charge on any atom is 0.222 e. The van der Waals surface area contributed by atoms with Gasteiger partial charge in [0.05, 0.1) is 20.3 Å². The Hall–Kier alpha value is -1.79. The number of hydrogen-bond acceptors (Lipinski definition) is 5. The number of hydrogen-bond donors (Lipinski definition) is 0. The molecule has 2 aliphatic heterocycles. The van der Waals surface area contributed by atoms with Crippen molar-refractivity contribution in [3.63, 3.8) is 0 Å². The topological polar surface area (TPSA) is 51.2 Å². The minimum atomic E-state index is 0.245. The maximum absolute atomic E-state index is 12.7. The number of carbonyl (C=O) groups is 1. The number of methoxy groups -OCH3 is 3. The Kier molecular flexibility index (Phi) is 7.57. The fourth-order valence-corrected chi connectivity index (χ4v) is 4.42. The molecular weight excluding hydrogens is 356 g/mol. The second kappa shape index (κ2) is 10.1. The van der Waals surface area contributed by atoms with Crippen molar-refractivity contribution < 1.29 is 19.0 Å². The highest BCUT2D eigenvalue weighted by Crippen LogP contribution is 2.26. The Morgan fingerprint density at radius 1 is 1.00 bits per heavy atom. The fraction of sp³-hybridized carbons (Fsp3) is 0.682. The van der Waals surface area contributed by atoms with Crippen molar-refractivity contribution in [2.45, 2.75) is 50.7 Å². The van der Waals surface area contributed by atoms with E-state index in [9.17, 15) is 4.79 Å². The summed E-state index contributed by atoms with van der Waals surface area (Å²) in [7, 11) is 5.10. The molecule has 6 nitrogen and oxygen atoms in total. The van der Waals surface area contributed by atoms with E-state index in [1.54, 1.807) is 14.2 Å². The average Bonchev–Trinajstić information content (AvgIpc) is 2.77. The molecule has 0 aliphatic carbocycles. The quantitative estimate of drug-likeness (QED) is 0.717. The van der Waals surface area contributed by atoms with Gasteiger partial charge in [0.15, 0.2) is 0 Å². The molecule has 0 spiro atoms. The van der Waals surface area contributed by atoms with Crippen LogP contribution in [-0.2, 0) is 16.0 Å². The maximum atomic E-state index is 12.7. The minimum Gasteiger partial charge on any atom is -0.497 e. The van der Waals surface area contributed by atoms with Crippen LogP contribution in [0.15, 0.2) is 18.2 Å². The molecule has 3 rings (SSSR count). The first-order valence-corrected chi connectivity index (χ1v) is 10.4. The molecule has 0 bridgehead atoms. The number of aryl methyl sites for hydroxylation is 1. The molecule has 0 radical (unpaired) electrons. The third-order valence-electron chi connectivity index (χ3n) is 6.25. The van der Waals surface area contributed by atoms with Gasteiger partial charge in [-0.15, -0.1) is 0 Å². The fourth-order valence-electron chi connectivity index (χ4n) is 4.42. The van der Waals surface area contributed by atoms with Crippen LogP contribution in [0.25, 0.3) is 0 Å². The van der Waals surface area contributed by atoms with Crippen molar-refractivity contribution in [2.75, 3.05) is 47.5 Å². The monoisotopic (exact) mass is 390 g/mol. The predicted molar refractivity (Wildman–Crippen MR) is 109 cm³/mol. The van der Waals surface area contributed by atoms with E-state index in [0.29, 0.717) is 25.0 Å². The van der Waals surface area contributed by atoms with Crippen LogP contribution >= 0.6 is 0 Å². The normalized spacial score (nSPS) is 19.6. The Morgan fingerprint density at radius 2 is 1.71 bits per heavy atom. The van der Waals surface area contributed by atoms with Gasteiger partial charge in [-0.05, 0) is 43.7 Å². The number of ether oxygens (including phenoxy) is 3. The first-order valence-electron chi connectivity index (χ1n) is 10.4. The molecule has 0 atom stereocenters. The summed E-state index contributed by atoms with van der Waals surface area (Å²) in [6.07, 6.45) is 6.04. The van der Waals surface area contributed by atoms with E-state index >= 15 is 0 Å². The highest BCUT2D eigenvalue weighted by Gasteiger charge is 2.29. The van der Waals surface area contributed by atoms with Crippen LogP contribution in [0.1, 0.15) is 37.7 Å². The number of rotatable bonds is 7. The van der Waals surface area contributed by atoms with E-state index in [-0.39, 0.29) is 5.91 Å². The van der Waals surface area contributed by atoms with Crippen LogP contribution in [0.5, 0.6) is 11.5 Å². The Balaban J connectivity index is 1.44. The first kappa shape index (κ1) is 20.9. The van der Waals surface area contributed by atoms with Gasteiger partial charge in [-0.3, -0.25) is 4.79 Å². The molecule has 1 amide bonds. The zero-order valence-electron chi connectivity index (χ0n) is 17.5. The summed E-state index contributed by atoms with van der Waals surface area (Å²) in [5.41, 5.74) is 1.05. The Bertz CT molecular complexity index is 635. The summed E-state index contributed by atoms with van der Waals surface area (Å²) in [5, 5.41) is 0. The molecule has 156 valence electrons. The number of carbonyl (C=O) groups excluding carboxylic acids is 1. The summed E-state index contributed by atoms with van der Waals surface area (Å²) in [6.45, 7) is 3.98. The molecule has 1 aromatic carbocycles. The van der Waals surface area contributed by atoms with Crippen LogP contribution in [-0.4, -0.2) is 75.4 Å². The van der Waals surface area contributed by atoms with E-state index in [1.807, 2.05) is 30.2 Å². The van der Waals surface area contributed by atoms with E-state index in [4.69, 9.17) is 14.2 Å². The lowest BCUT2D eigenvalue weighted by Gasteiger charge is -2.41. The van der Waals surface area contributed by atoms with Gasteiger partial charge in [-0.1, -0.05) is 6.07 Å². The second-order valence-electron chi connectivity index (χ2n) is 7.76. The molecule has 2 aliphatic rings. The van der Waals surface area contributed by atoms with Gasteiger partial charge in [0.25, 0.3) is 0 Å². The minimum absolute atomic E-state index is 0.245. The van der Waals surface area contributed by atoms with E-state index in [1.165, 1.54) is 0 Å². The third kappa shape index (κ3) is 5.17. The largest absolute Gasteiger partial charge is 0.497 e. The zero-order valence-corrected chi connectivity index (χ0v) is 17.5. The van der Waals surface area contributed by atoms with E-state index in [0.717, 1.165) is 68.9 Å². The van der Waals surface area contributed by atoms with Crippen LogP contribution in [0.4, 0.5) is 0 Å². The number of benzene rings is 1. The molecule has 0 N–H and O–H groups in total. The average molecular weight is 391 g/mol. The molecule has 28 heavy (non-hydrogen) atoms. The Labute approximate surface area is 168 Å². The molecule has 1 aromatic rings. The summed E-state index contributed by atoms with van der Waals surface area (Å²) >= 11 is 0. The van der Waals surface area contributed by atoms with Gasteiger partial charge in [-0.2, -0.15) is 0 Å². The van der Waals surface area contributed by atoms with Crippen molar-refractivity contribution >= 4 is 5.91 Å². The van der Waals surface area contributed by atoms with Gasteiger partial charge in [0, 0.05) is 51.8 Å². The number of nitrogens with zero attached hydrogens (tertiary/aromatic N) is 2. The molecule has 0 saturated carbocycles. The van der Waals surface area contributed by atoms with E-state index in [2.05, 4.69) is 4.90 Å². The molecule has 0 unspecified atom stereocenters. The standard InChI is InChI=1S/C22H34N2O4/c1-26-19-10-14-23(15-11-19)18-8-12-24(13-9-18)22(25)7-5-17-4-6-20(27-2)16-21(17)28-3/h4,6,16,18-19H,5,7-15H2,1-3H3. The summed E-state index contributed by atoms with van der Waals surface area (Å²) in [5.74, 6) is 1.79. The van der Waals surface area contributed by atoms with Crippen LogP contribution in [0.3, 0.4) is 0 Å². The van der Waals surface area contributed by atoms with Gasteiger partial charge in [0.1, 0.15) is 11.5 Å². The van der Waals surface area contributed by atoms with Crippen molar-refractivity contribution in [2.24, 2.45) is 0 Å². The highest BCUT2D eigenvalue weighted by molar-refractivity contribution is 5.76. The number of amides is 1. The number of likely N-dealkylation sites (tertiary alicyclic amines) is 2. The van der Waals surface area contributed by atoms with Crippen LogP contribution < -0.4 is 9.47 Å². The highest BCUT2D eigenvalue weighted by atomic mass is 16.5. The lowest BCUT2D eigenvalue weighted by Crippen LogP contribution is -2.49. The SMILES string of the molecule is COc1ccc(CCC(=O)N2CCC(N3CCC(OC)CC3)CC2)c(OC)c1. The van der Waals surface area contributed by atoms with Gasteiger partial charge in [-0.25, -0.2) is 0 Å². The molecule has 2 saturated heterocycles. The summed E-state index contributed by atoms with van der Waals surface area (Å²) in [6, 6.07) is 6.39. The first-order chi connectivity index (χ1) is 13.6. The Morgan fingerprint density at radius 3 is 2.32 bits per heavy atom. The van der Waals surface area contributed by atoms with Crippen LogP contribution in [0, 0.1) is 0 Å². The zero-order chi connectivity index (χ0) is 19.9. The lowest BCUT2D eigenvalue weighted by atomic mass is 9.98. The van der Waals surface area contributed by atoms with E-state index < -0.39 is 0 Å². The number of piperidine rings is 2. The van der Waals surface area contributed by atoms with Crippen molar-refractivity contribution in [3.05, 3.63) is 23.8 Å². The smallest absolute Gasteiger partial charge is 0.222 e. The molecule has 6 heteroatoms. The second-order valence-corrected chi connectivity index (χ2v) is 7.76. The third-order valence-corrected chi connectivity index (χ3v) is 6.25. The predicted octanol–water partition coefficient (Wildman–Crippen LogP) is 2.74. The molecule has 0 aromatic heterocycles. The molecule has 2 heterocycles. The molecular formula is C22H34N2O4. The van der Waals surface area contributed by atoms with Gasteiger partial charge in [0.2, 0.25) is 5.91 Å². The van der Waals surface area contributed by atoms with Gasteiger partial charge < -0.3 is 24.0 Å². The summed E-state index contributed by atoms with van der Waals surface area (Å²) in [4.78, 5) is 17.3. The van der Waals surface area contributed by atoms with Crippen molar-refractivity contribution in [1.29, 1.82) is 0 Å². The molecule has 2 fully saturated rings.